The number of benzene rings is 1. The van der Waals surface area contributed by atoms with Crippen molar-refractivity contribution >= 4 is 23.1 Å². The molecule has 1 nitrogen and oxygen atoms in total. The smallest absolute Gasteiger partial charge is 0.0589 e. The standard InChI is InChI=1S/C16H21NS2/c1-10-5-6-14(9-12(10)3)19-16(13(4)17)15-11(2)7-8-18-15/h5-9,13,16H,17H2,1-4H3. The van der Waals surface area contributed by atoms with Gasteiger partial charge in [-0.15, -0.1) is 23.1 Å². The molecule has 0 aliphatic rings. The van der Waals surface area contributed by atoms with Gasteiger partial charge in [-0.1, -0.05) is 6.07 Å². The van der Waals surface area contributed by atoms with Crippen molar-refractivity contribution in [2.24, 2.45) is 5.73 Å². The fraction of sp³-hybridized carbons (Fsp3) is 0.375. The summed E-state index contributed by atoms with van der Waals surface area (Å²) >= 11 is 3.69. The molecule has 0 saturated heterocycles. The number of aryl methyl sites for hydroxylation is 3. The van der Waals surface area contributed by atoms with Gasteiger partial charge in [0, 0.05) is 15.8 Å². The minimum Gasteiger partial charge on any atom is -0.327 e. The van der Waals surface area contributed by atoms with Crippen molar-refractivity contribution < 1.29 is 0 Å². The van der Waals surface area contributed by atoms with Gasteiger partial charge in [0.1, 0.15) is 0 Å². The van der Waals surface area contributed by atoms with Crippen molar-refractivity contribution in [3.05, 3.63) is 51.2 Å². The van der Waals surface area contributed by atoms with Gasteiger partial charge >= 0.3 is 0 Å². The lowest BCUT2D eigenvalue weighted by molar-refractivity contribution is 0.727. The van der Waals surface area contributed by atoms with Crippen LogP contribution >= 0.6 is 23.1 Å². The second-order valence-electron chi connectivity index (χ2n) is 5.11. The first-order valence-electron chi connectivity index (χ1n) is 6.52. The first-order chi connectivity index (χ1) is 8.99. The number of thiophene rings is 1. The number of nitrogens with two attached hydrogens (primary N) is 1. The Labute approximate surface area is 124 Å². The summed E-state index contributed by atoms with van der Waals surface area (Å²) in [5, 5.41) is 2.49. The molecule has 1 aromatic heterocycles. The fourth-order valence-electron chi connectivity index (χ4n) is 2.01. The van der Waals surface area contributed by atoms with Crippen LogP contribution in [-0.4, -0.2) is 6.04 Å². The second-order valence-corrected chi connectivity index (χ2v) is 7.27. The molecule has 2 rings (SSSR count). The zero-order chi connectivity index (χ0) is 14.0. The minimum absolute atomic E-state index is 0.143. The highest BCUT2D eigenvalue weighted by molar-refractivity contribution is 7.99. The van der Waals surface area contributed by atoms with Gasteiger partial charge in [0.15, 0.2) is 0 Å². The predicted octanol–water partition coefficient (Wildman–Crippen LogP) is 4.85. The average Bonchev–Trinajstić information content (AvgIpc) is 2.76. The van der Waals surface area contributed by atoms with E-state index in [1.807, 2.05) is 23.1 Å². The third kappa shape index (κ3) is 3.41. The van der Waals surface area contributed by atoms with Gasteiger partial charge in [0.25, 0.3) is 0 Å². The quantitative estimate of drug-likeness (QED) is 0.815. The zero-order valence-corrected chi connectivity index (χ0v) is 13.6. The predicted molar refractivity (Wildman–Crippen MR) is 87.2 cm³/mol. The van der Waals surface area contributed by atoms with Gasteiger partial charge in [-0.3, -0.25) is 0 Å². The van der Waals surface area contributed by atoms with Crippen LogP contribution in [0.25, 0.3) is 0 Å². The summed E-state index contributed by atoms with van der Waals surface area (Å²) in [6, 6.07) is 8.97. The SMILES string of the molecule is Cc1ccc(SC(c2sccc2C)C(C)N)cc1C. The van der Waals surface area contributed by atoms with Gasteiger partial charge < -0.3 is 5.73 Å². The number of hydrogen-bond donors (Lipinski definition) is 1. The van der Waals surface area contributed by atoms with Gasteiger partial charge in [-0.2, -0.15) is 0 Å². The normalized spacial score (nSPS) is 14.4. The summed E-state index contributed by atoms with van der Waals surface area (Å²) in [7, 11) is 0. The lowest BCUT2D eigenvalue weighted by atomic mass is 10.1. The van der Waals surface area contributed by atoms with E-state index in [1.54, 1.807) is 0 Å². The Hall–Kier alpha value is -0.770. The molecule has 2 unspecified atom stereocenters. The lowest BCUT2D eigenvalue weighted by Gasteiger charge is -2.20. The lowest BCUT2D eigenvalue weighted by Crippen LogP contribution is -2.22. The van der Waals surface area contributed by atoms with Crippen molar-refractivity contribution in [2.45, 2.75) is 43.9 Å². The van der Waals surface area contributed by atoms with E-state index in [0.717, 1.165) is 0 Å². The van der Waals surface area contributed by atoms with Crippen LogP contribution in [-0.2, 0) is 0 Å². The monoisotopic (exact) mass is 291 g/mol. The van der Waals surface area contributed by atoms with E-state index in [9.17, 15) is 0 Å². The summed E-state index contributed by atoms with van der Waals surface area (Å²) in [5.41, 5.74) is 10.2. The maximum atomic E-state index is 6.20. The molecule has 0 fully saturated rings. The molecule has 0 bridgehead atoms. The molecule has 1 aromatic carbocycles. The summed E-state index contributed by atoms with van der Waals surface area (Å²) < 4.78 is 0. The maximum Gasteiger partial charge on any atom is 0.0589 e. The fourth-order valence-corrected chi connectivity index (χ4v) is 4.53. The highest BCUT2D eigenvalue weighted by Gasteiger charge is 2.20. The molecule has 0 aliphatic carbocycles. The molecule has 0 spiro atoms. The van der Waals surface area contributed by atoms with E-state index in [0.29, 0.717) is 5.25 Å². The van der Waals surface area contributed by atoms with Crippen LogP contribution in [0.3, 0.4) is 0 Å². The topological polar surface area (TPSA) is 26.0 Å². The van der Waals surface area contributed by atoms with E-state index < -0.39 is 0 Å². The van der Waals surface area contributed by atoms with Crippen LogP contribution in [0, 0.1) is 20.8 Å². The molecule has 2 N–H and O–H groups in total. The third-order valence-corrected chi connectivity index (χ3v) is 6.08. The number of hydrogen-bond acceptors (Lipinski definition) is 3. The molecule has 2 atom stereocenters. The van der Waals surface area contributed by atoms with Crippen molar-refractivity contribution in [3.63, 3.8) is 0 Å². The van der Waals surface area contributed by atoms with Gasteiger partial charge in [-0.05, 0) is 68.0 Å². The van der Waals surface area contributed by atoms with Crippen LogP contribution in [0.5, 0.6) is 0 Å². The molecule has 0 radical (unpaired) electrons. The van der Waals surface area contributed by atoms with Crippen molar-refractivity contribution in [1.29, 1.82) is 0 Å². The Morgan fingerprint density at radius 3 is 2.32 bits per heavy atom. The molecule has 102 valence electrons. The number of thioether (sulfide) groups is 1. The molecular formula is C16H21NS2. The van der Waals surface area contributed by atoms with E-state index in [4.69, 9.17) is 5.73 Å². The van der Waals surface area contributed by atoms with Gasteiger partial charge in [0.2, 0.25) is 0 Å². The van der Waals surface area contributed by atoms with E-state index in [-0.39, 0.29) is 6.04 Å². The molecule has 19 heavy (non-hydrogen) atoms. The van der Waals surface area contributed by atoms with Crippen LogP contribution in [0.15, 0.2) is 34.5 Å². The molecule has 0 amide bonds. The summed E-state index contributed by atoms with van der Waals surface area (Å²) in [4.78, 5) is 2.71. The van der Waals surface area contributed by atoms with Crippen molar-refractivity contribution in [1.82, 2.24) is 0 Å². The maximum absolute atomic E-state index is 6.20. The average molecular weight is 291 g/mol. The van der Waals surface area contributed by atoms with Crippen molar-refractivity contribution in [2.75, 3.05) is 0 Å². The largest absolute Gasteiger partial charge is 0.327 e. The Bertz CT molecular complexity index is 558. The van der Waals surface area contributed by atoms with Crippen LogP contribution in [0.2, 0.25) is 0 Å². The van der Waals surface area contributed by atoms with E-state index >= 15 is 0 Å². The zero-order valence-electron chi connectivity index (χ0n) is 11.9. The second kappa shape index (κ2) is 6.12. The first-order valence-corrected chi connectivity index (χ1v) is 8.28. The van der Waals surface area contributed by atoms with Crippen LogP contribution < -0.4 is 5.73 Å². The van der Waals surface area contributed by atoms with E-state index in [1.165, 1.54) is 26.5 Å². The van der Waals surface area contributed by atoms with E-state index in [2.05, 4.69) is 57.3 Å². The van der Waals surface area contributed by atoms with Gasteiger partial charge in [0.05, 0.1) is 5.25 Å². The Morgan fingerprint density at radius 1 is 1.05 bits per heavy atom. The molecule has 3 heteroatoms. The molecule has 2 aromatic rings. The number of rotatable bonds is 4. The highest BCUT2D eigenvalue weighted by Crippen LogP contribution is 2.41. The third-order valence-electron chi connectivity index (χ3n) is 3.38. The summed E-state index contributed by atoms with van der Waals surface area (Å²) in [5.74, 6) is 0. The van der Waals surface area contributed by atoms with Crippen molar-refractivity contribution in [3.8, 4) is 0 Å². The molecule has 0 saturated carbocycles. The Kier molecular flexibility index (Phi) is 4.71. The Morgan fingerprint density at radius 2 is 1.79 bits per heavy atom. The van der Waals surface area contributed by atoms with Gasteiger partial charge in [-0.25, -0.2) is 0 Å². The summed E-state index contributed by atoms with van der Waals surface area (Å²) in [6.45, 7) is 8.58. The molecular weight excluding hydrogens is 270 g/mol. The highest BCUT2D eigenvalue weighted by atomic mass is 32.2. The summed E-state index contributed by atoms with van der Waals surface area (Å²) in [6.07, 6.45) is 0. The molecule has 0 aliphatic heterocycles. The van der Waals surface area contributed by atoms with Crippen LogP contribution in [0.1, 0.15) is 33.7 Å². The molecule has 1 heterocycles. The van der Waals surface area contributed by atoms with Crippen LogP contribution in [0.4, 0.5) is 0 Å². The minimum atomic E-state index is 0.143. The first kappa shape index (κ1) is 14.6. The Balaban J connectivity index is 2.27.